The van der Waals surface area contributed by atoms with E-state index in [4.69, 9.17) is 28.4 Å². The molecule has 0 aromatic carbocycles. The first-order valence-electron chi connectivity index (χ1n) is 38.7. The number of aliphatic hydroxyl groups is 11. The maximum Gasteiger partial charge on any atom is 0.364 e. The van der Waals surface area contributed by atoms with E-state index in [2.05, 4.69) is 48.8 Å². The van der Waals surface area contributed by atoms with E-state index in [0.717, 1.165) is 71.1 Å². The number of aliphatic carboxylic acids is 1. The molecular formula is C75H138N2O21. The molecule has 23 nitrogen and oxygen atoms in total. The highest BCUT2D eigenvalue weighted by atomic mass is 16.8. The Hall–Kier alpha value is -2.79. The van der Waals surface area contributed by atoms with Crippen LogP contribution in [0.4, 0.5) is 0 Å². The first-order chi connectivity index (χ1) is 47.4. The maximum atomic E-state index is 13.5. The topological polar surface area (TPSA) is 373 Å². The van der Waals surface area contributed by atoms with E-state index in [-0.39, 0.29) is 18.9 Å². The van der Waals surface area contributed by atoms with Crippen molar-refractivity contribution in [1.29, 1.82) is 0 Å². The van der Waals surface area contributed by atoms with Crippen LogP contribution in [0.1, 0.15) is 297 Å². The molecule has 3 rings (SSSR count). The summed E-state index contributed by atoms with van der Waals surface area (Å²) in [6.07, 6.45) is 28.8. The van der Waals surface area contributed by atoms with Gasteiger partial charge >= 0.3 is 5.97 Å². The van der Waals surface area contributed by atoms with Crippen molar-refractivity contribution < 1.29 is 104 Å². The molecule has 3 aliphatic rings. The van der Waals surface area contributed by atoms with Gasteiger partial charge < -0.3 is 100 Å². The summed E-state index contributed by atoms with van der Waals surface area (Å²) in [7, 11) is 0. The van der Waals surface area contributed by atoms with Crippen molar-refractivity contribution in [3.63, 3.8) is 0 Å². The molecule has 18 unspecified atom stereocenters. The van der Waals surface area contributed by atoms with Crippen LogP contribution in [0, 0.1) is 0 Å². The minimum atomic E-state index is -3.08. The minimum Gasteiger partial charge on any atom is -0.477 e. The highest BCUT2D eigenvalue weighted by molar-refractivity contribution is 5.77. The molecule has 14 N–H and O–H groups in total. The number of carbonyl (C=O) groups is 3. The minimum absolute atomic E-state index is 0.219. The molecule has 98 heavy (non-hydrogen) atoms. The molecule has 3 heterocycles. The molecule has 18 atom stereocenters. The zero-order chi connectivity index (χ0) is 71.8. The highest BCUT2D eigenvalue weighted by Crippen LogP contribution is 2.39. The van der Waals surface area contributed by atoms with Crippen LogP contribution in [0.3, 0.4) is 0 Å². The first kappa shape index (κ1) is 89.4. The van der Waals surface area contributed by atoms with Gasteiger partial charge in [-0.1, -0.05) is 256 Å². The van der Waals surface area contributed by atoms with E-state index in [1.165, 1.54) is 180 Å². The Balaban J connectivity index is 1.54. The molecule has 3 saturated heterocycles. The average molecular weight is 1400 g/mol. The van der Waals surface area contributed by atoms with E-state index in [1.54, 1.807) is 0 Å². The molecule has 0 bridgehead atoms. The SMILES string of the molecule is CCCCCCCCCCC/C=C\C/C=C\CCCCCCCCCCCC(=O)NC(COC1OC(CO)C(OC2OC(CO)C(O)C(OC3(C(=O)O)CC(O)C(NC(C)=O)C(C(O)C(O)CO)O3)C2O)C(O)C1O)C(O)CCCCCCCCCCCCCCCCCCCCC. The molecule has 2 amide bonds. The lowest BCUT2D eigenvalue weighted by atomic mass is 9.88. The third-order valence-corrected chi connectivity index (χ3v) is 19.7. The summed E-state index contributed by atoms with van der Waals surface area (Å²) in [4.78, 5) is 38.7. The fourth-order valence-electron chi connectivity index (χ4n) is 13.5. The Morgan fingerprint density at radius 3 is 1.43 bits per heavy atom. The van der Waals surface area contributed by atoms with Gasteiger partial charge in [-0.15, -0.1) is 0 Å². The molecular weight excluding hydrogens is 1260 g/mol. The fraction of sp³-hybridized carbons (Fsp3) is 0.907. The lowest BCUT2D eigenvalue weighted by Crippen LogP contribution is -2.70. The van der Waals surface area contributed by atoms with Crippen LogP contribution in [0.15, 0.2) is 24.3 Å². The smallest absolute Gasteiger partial charge is 0.364 e. The van der Waals surface area contributed by atoms with Gasteiger partial charge in [-0.2, -0.15) is 0 Å². The summed E-state index contributed by atoms with van der Waals surface area (Å²) in [5.41, 5.74) is 0. The number of ether oxygens (including phenoxy) is 6. The van der Waals surface area contributed by atoms with E-state index < -0.39 is 148 Å². The molecule has 0 spiro atoms. The van der Waals surface area contributed by atoms with Gasteiger partial charge in [-0.05, 0) is 44.9 Å². The Bertz CT molecular complexity index is 2060. The Kier molecular flexibility index (Phi) is 50.0. The van der Waals surface area contributed by atoms with Crippen molar-refractivity contribution in [2.45, 2.75) is 407 Å². The number of unbranched alkanes of at least 4 members (excludes halogenated alkanes) is 36. The maximum absolute atomic E-state index is 13.5. The lowest BCUT2D eigenvalue weighted by Gasteiger charge is -2.50. The van der Waals surface area contributed by atoms with Crippen LogP contribution in [-0.4, -0.2) is 215 Å². The number of hydrogen-bond donors (Lipinski definition) is 14. The van der Waals surface area contributed by atoms with Crippen molar-refractivity contribution in [1.82, 2.24) is 10.6 Å². The molecule has 0 saturated carbocycles. The lowest BCUT2D eigenvalue weighted by molar-refractivity contribution is -0.386. The van der Waals surface area contributed by atoms with E-state index in [1.807, 2.05) is 0 Å². The largest absolute Gasteiger partial charge is 0.477 e. The highest BCUT2D eigenvalue weighted by Gasteiger charge is 2.60. The van der Waals surface area contributed by atoms with Gasteiger partial charge in [0.1, 0.15) is 67.1 Å². The zero-order valence-corrected chi connectivity index (χ0v) is 60.4. The summed E-state index contributed by atoms with van der Waals surface area (Å²) >= 11 is 0. The van der Waals surface area contributed by atoms with Gasteiger partial charge in [0.25, 0.3) is 5.79 Å². The van der Waals surface area contributed by atoms with Gasteiger partial charge in [-0.25, -0.2) is 4.79 Å². The van der Waals surface area contributed by atoms with Gasteiger partial charge in [0.2, 0.25) is 11.8 Å². The summed E-state index contributed by atoms with van der Waals surface area (Å²) in [6, 6.07) is -2.53. The van der Waals surface area contributed by atoms with Crippen LogP contribution >= 0.6 is 0 Å². The number of amides is 2. The van der Waals surface area contributed by atoms with Gasteiger partial charge in [0, 0.05) is 19.8 Å². The summed E-state index contributed by atoms with van der Waals surface area (Å²) in [5, 5.41) is 136. The Labute approximate surface area is 587 Å². The predicted molar refractivity (Wildman–Crippen MR) is 375 cm³/mol. The number of carboxylic acid groups (broad SMARTS) is 1. The monoisotopic (exact) mass is 1400 g/mol. The van der Waals surface area contributed by atoms with Crippen molar-refractivity contribution in [2.24, 2.45) is 0 Å². The third-order valence-electron chi connectivity index (χ3n) is 19.7. The van der Waals surface area contributed by atoms with Crippen molar-refractivity contribution in [2.75, 3.05) is 26.4 Å². The summed E-state index contributed by atoms with van der Waals surface area (Å²) < 4.78 is 34.9. The second-order valence-electron chi connectivity index (χ2n) is 28.2. The number of carbonyl (C=O) groups excluding carboxylic acids is 2. The summed E-state index contributed by atoms with van der Waals surface area (Å²) in [6.45, 7) is 2.23. The number of hydrogen-bond acceptors (Lipinski definition) is 20. The molecule has 0 aromatic rings. The first-order valence-corrected chi connectivity index (χ1v) is 38.7. The van der Waals surface area contributed by atoms with Crippen LogP contribution in [0.25, 0.3) is 0 Å². The van der Waals surface area contributed by atoms with Crippen molar-refractivity contribution >= 4 is 17.8 Å². The number of allylic oxidation sites excluding steroid dienone is 4. The molecule has 0 aromatic heterocycles. The van der Waals surface area contributed by atoms with Crippen LogP contribution < -0.4 is 10.6 Å². The van der Waals surface area contributed by atoms with E-state index in [9.17, 15) is 75.7 Å². The fourth-order valence-corrected chi connectivity index (χ4v) is 13.5. The second-order valence-corrected chi connectivity index (χ2v) is 28.2. The standard InChI is InChI=1S/C75H138N2O21/c1-4-6-8-10-12-14-16-18-20-22-24-25-26-27-28-29-31-33-35-37-39-41-43-45-47-49-62(85)77-56(57(82)48-46-44-42-40-38-36-34-32-30-23-21-19-17-15-13-11-9-7-5-2)54-93-72-67(89)66(88)69(61(53-80)95-72)96-73-68(90)71(65(87)60(52-79)94-73)98-75(74(91)92)50-58(83)63(76-55(3)81)70(97-75)64(86)59(84)51-78/h24-25,27-28,56-61,63-73,78-80,82-84,86-90H,4-23,26,29-54H2,1-3H3,(H,76,81)(H,77,85)(H,91,92)/b25-24-,28-27-. The number of carboxylic acids is 1. The average Bonchev–Trinajstić information content (AvgIpc) is 0.756. The predicted octanol–water partition coefficient (Wildman–Crippen LogP) is 9.18. The molecule has 574 valence electrons. The van der Waals surface area contributed by atoms with Gasteiger partial charge in [0.15, 0.2) is 12.6 Å². The Morgan fingerprint density at radius 1 is 0.531 bits per heavy atom. The normalized spacial score (nSPS) is 27.3. The zero-order valence-electron chi connectivity index (χ0n) is 60.4. The number of rotatable bonds is 60. The van der Waals surface area contributed by atoms with Crippen molar-refractivity contribution in [3.8, 4) is 0 Å². The van der Waals surface area contributed by atoms with Crippen molar-refractivity contribution in [3.05, 3.63) is 24.3 Å². The molecule has 3 fully saturated rings. The van der Waals surface area contributed by atoms with Crippen LogP contribution in [-0.2, 0) is 42.8 Å². The molecule has 0 radical (unpaired) electrons. The van der Waals surface area contributed by atoms with Gasteiger partial charge in [0.05, 0.1) is 50.7 Å². The van der Waals surface area contributed by atoms with E-state index in [0.29, 0.717) is 19.3 Å². The van der Waals surface area contributed by atoms with Crippen LogP contribution in [0.5, 0.6) is 0 Å². The second kappa shape index (κ2) is 54.8. The molecule has 23 heteroatoms. The Morgan fingerprint density at radius 2 is 0.980 bits per heavy atom. The van der Waals surface area contributed by atoms with Gasteiger partial charge in [-0.3, -0.25) is 9.59 Å². The third kappa shape index (κ3) is 35.6. The quantitative estimate of drug-likeness (QED) is 0.0199. The molecule has 3 aliphatic heterocycles. The van der Waals surface area contributed by atoms with Crippen LogP contribution in [0.2, 0.25) is 0 Å². The molecule has 0 aliphatic carbocycles. The number of nitrogens with one attached hydrogen (secondary N) is 2. The van der Waals surface area contributed by atoms with E-state index >= 15 is 0 Å². The summed E-state index contributed by atoms with van der Waals surface area (Å²) in [5.74, 6) is -6.10. The number of aliphatic hydroxyl groups excluding tert-OH is 11.